The van der Waals surface area contributed by atoms with Crippen LogP contribution >= 0.6 is 23.2 Å². The fourth-order valence-electron chi connectivity index (χ4n) is 2.31. The van der Waals surface area contributed by atoms with E-state index < -0.39 is 6.04 Å². The minimum absolute atomic E-state index is 0.140. The lowest BCUT2D eigenvalue weighted by Crippen LogP contribution is -2.29. The van der Waals surface area contributed by atoms with Gasteiger partial charge in [0.05, 0.1) is 23.4 Å². The van der Waals surface area contributed by atoms with Crippen LogP contribution in [0.3, 0.4) is 0 Å². The Morgan fingerprint density at radius 2 is 1.83 bits per heavy atom. The smallest absolute Gasteiger partial charge is 0.0643 e. The molecule has 1 aliphatic heterocycles. The van der Waals surface area contributed by atoms with E-state index in [0.29, 0.717) is 15.6 Å². The fourth-order valence-corrected chi connectivity index (χ4v) is 2.90. The maximum atomic E-state index is 9.08. The third-order valence-electron chi connectivity index (χ3n) is 3.36. The molecular weight excluding hydrogens is 271 g/mol. The molecule has 18 heavy (non-hydrogen) atoms. The summed E-state index contributed by atoms with van der Waals surface area (Å²) in [4.78, 5) is 2.26. The number of nitrogens with zero attached hydrogens (tertiary/aromatic N) is 1. The summed E-state index contributed by atoms with van der Waals surface area (Å²) in [5, 5.41) is 10.3. The van der Waals surface area contributed by atoms with Crippen molar-refractivity contribution in [2.24, 2.45) is 5.73 Å². The van der Waals surface area contributed by atoms with Gasteiger partial charge in [0.25, 0.3) is 0 Å². The van der Waals surface area contributed by atoms with Crippen molar-refractivity contribution in [3.63, 3.8) is 0 Å². The summed E-state index contributed by atoms with van der Waals surface area (Å²) in [6.07, 6.45) is 3.65. The van der Waals surface area contributed by atoms with E-state index in [-0.39, 0.29) is 6.61 Å². The number of aliphatic hydroxyl groups is 1. The molecule has 1 heterocycles. The zero-order chi connectivity index (χ0) is 13.1. The van der Waals surface area contributed by atoms with Crippen LogP contribution in [-0.4, -0.2) is 24.8 Å². The van der Waals surface area contributed by atoms with E-state index in [1.165, 1.54) is 19.3 Å². The topological polar surface area (TPSA) is 49.5 Å². The van der Waals surface area contributed by atoms with Crippen LogP contribution in [0, 0.1) is 0 Å². The average molecular weight is 289 g/mol. The first kappa shape index (κ1) is 13.9. The highest BCUT2D eigenvalue weighted by atomic mass is 35.5. The van der Waals surface area contributed by atoms with Gasteiger partial charge in [-0.25, -0.2) is 0 Å². The summed E-state index contributed by atoms with van der Waals surface area (Å²) >= 11 is 12.5. The summed E-state index contributed by atoms with van der Waals surface area (Å²) < 4.78 is 0. The third-order valence-corrected chi connectivity index (χ3v) is 3.99. The van der Waals surface area contributed by atoms with Gasteiger partial charge in [-0.1, -0.05) is 23.2 Å². The molecule has 0 unspecified atom stereocenters. The molecule has 0 spiro atoms. The SMILES string of the molecule is N[C@@H](CO)c1cc(Cl)c(N2CCCCC2)cc1Cl. The van der Waals surface area contributed by atoms with Crippen LogP contribution in [0.15, 0.2) is 12.1 Å². The van der Waals surface area contributed by atoms with E-state index in [9.17, 15) is 0 Å². The van der Waals surface area contributed by atoms with E-state index in [4.69, 9.17) is 34.0 Å². The number of anilines is 1. The van der Waals surface area contributed by atoms with E-state index in [1.807, 2.05) is 6.07 Å². The molecule has 0 saturated carbocycles. The Morgan fingerprint density at radius 3 is 2.44 bits per heavy atom. The minimum atomic E-state index is -0.481. The second-order valence-electron chi connectivity index (χ2n) is 4.66. The Bertz CT molecular complexity index is 420. The molecule has 0 radical (unpaired) electrons. The van der Waals surface area contributed by atoms with Gasteiger partial charge in [-0.2, -0.15) is 0 Å². The molecule has 100 valence electrons. The number of hydrogen-bond donors (Lipinski definition) is 2. The van der Waals surface area contributed by atoms with Gasteiger partial charge in [0.2, 0.25) is 0 Å². The molecule has 1 saturated heterocycles. The van der Waals surface area contributed by atoms with Crippen molar-refractivity contribution >= 4 is 28.9 Å². The Labute approximate surface area is 117 Å². The van der Waals surface area contributed by atoms with Gasteiger partial charge in [-0.3, -0.25) is 0 Å². The third kappa shape index (κ3) is 2.91. The van der Waals surface area contributed by atoms with E-state index in [0.717, 1.165) is 18.8 Å². The molecule has 1 aliphatic rings. The highest BCUT2D eigenvalue weighted by Gasteiger charge is 2.18. The Morgan fingerprint density at radius 1 is 1.17 bits per heavy atom. The quantitative estimate of drug-likeness (QED) is 0.899. The van der Waals surface area contributed by atoms with Crippen LogP contribution in [0.25, 0.3) is 0 Å². The lowest BCUT2D eigenvalue weighted by molar-refractivity contribution is 0.268. The van der Waals surface area contributed by atoms with Crippen LogP contribution in [-0.2, 0) is 0 Å². The Kier molecular flexibility index (Phi) is 4.73. The second-order valence-corrected chi connectivity index (χ2v) is 5.48. The minimum Gasteiger partial charge on any atom is -0.394 e. The van der Waals surface area contributed by atoms with Crippen molar-refractivity contribution in [1.29, 1.82) is 0 Å². The molecule has 1 aromatic carbocycles. The molecule has 0 aromatic heterocycles. The van der Waals surface area contributed by atoms with Crippen molar-refractivity contribution in [1.82, 2.24) is 0 Å². The van der Waals surface area contributed by atoms with Gasteiger partial charge in [0.15, 0.2) is 0 Å². The predicted molar refractivity (Wildman–Crippen MR) is 76.5 cm³/mol. The van der Waals surface area contributed by atoms with Gasteiger partial charge in [0.1, 0.15) is 0 Å². The van der Waals surface area contributed by atoms with Crippen LogP contribution in [0.4, 0.5) is 5.69 Å². The Balaban J connectivity index is 2.30. The molecule has 0 amide bonds. The largest absolute Gasteiger partial charge is 0.394 e. The number of halogens is 2. The molecule has 0 bridgehead atoms. The van der Waals surface area contributed by atoms with Gasteiger partial charge in [-0.05, 0) is 37.0 Å². The standard InChI is InChI=1S/C13H18Cl2N2O/c14-10-7-13(17-4-2-1-3-5-17)11(15)6-9(10)12(16)8-18/h6-7,12,18H,1-5,8,16H2/t12-/m0/s1. The average Bonchev–Trinajstić information content (AvgIpc) is 2.41. The lowest BCUT2D eigenvalue weighted by atomic mass is 10.1. The monoisotopic (exact) mass is 288 g/mol. The number of rotatable bonds is 3. The number of nitrogens with two attached hydrogens (primary N) is 1. The van der Waals surface area contributed by atoms with Crippen LogP contribution < -0.4 is 10.6 Å². The van der Waals surface area contributed by atoms with E-state index in [1.54, 1.807) is 6.07 Å². The van der Waals surface area contributed by atoms with Crippen LogP contribution in [0.5, 0.6) is 0 Å². The molecule has 5 heteroatoms. The maximum absolute atomic E-state index is 9.08. The van der Waals surface area contributed by atoms with Crippen molar-refractivity contribution in [3.05, 3.63) is 27.7 Å². The van der Waals surface area contributed by atoms with Crippen molar-refractivity contribution < 1.29 is 5.11 Å². The van der Waals surface area contributed by atoms with Gasteiger partial charge >= 0.3 is 0 Å². The summed E-state index contributed by atoms with van der Waals surface area (Å²) in [5.74, 6) is 0. The summed E-state index contributed by atoms with van der Waals surface area (Å²) in [6.45, 7) is 1.89. The highest BCUT2D eigenvalue weighted by Crippen LogP contribution is 2.35. The maximum Gasteiger partial charge on any atom is 0.0643 e. The summed E-state index contributed by atoms with van der Waals surface area (Å²) in [5.41, 5.74) is 7.45. The molecule has 1 fully saturated rings. The molecule has 1 aromatic rings. The van der Waals surface area contributed by atoms with Gasteiger partial charge < -0.3 is 15.7 Å². The molecule has 3 N–H and O–H groups in total. The van der Waals surface area contributed by atoms with E-state index in [2.05, 4.69) is 4.90 Å². The molecule has 3 nitrogen and oxygen atoms in total. The van der Waals surface area contributed by atoms with Crippen molar-refractivity contribution in [3.8, 4) is 0 Å². The molecule has 2 rings (SSSR count). The lowest BCUT2D eigenvalue weighted by Gasteiger charge is -2.30. The first-order chi connectivity index (χ1) is 8.63. The normalized spacial score (nSPS) is 17.9. The zero-order valence-corrected chi connectivity index (χ0v) is 11.7. The molecule has 0 aliphatic carbocycles. The fraction of sp³-hybridized carbons (Fsp3) is 0.538. The van der Waals surface area contributed by atoms with Crippen molar-refractivity contribution in [2.75, 3.05) is 24.6 Å². The number of piperidine rings is 1. The summed E-state index contributed by atoms with van der Waals surface area (Å²) in [6, 6.07) is 3.15. The second kappa shape index (κ2) is 6.11. The van der Waals surface area contributed by atoms with Crippen LogP contribution in [0.2, 0.25) is 10.0 Å². The zero-order valence-electron chi connectivity index (χ0n) is 10.2. The van der Waals surface area contributed by atoms with Gasteiger partial charge in [0, 0.05) is 18.1 Å². The highest BCUT2D eigenvalue weighted by molar-refractivity contribution is 6.35. The number of hydrogen-bond acceptors (Lipinski definition) is 3. The predicted octanol–water partition coefficient (Wildman–Crippen LogP) is 2.98. The number of benzene rings is 1. The molecule has 1 atom stereocenters. The molecular formula is C13H18Cl2N2O. The first-order valence-corrected chi connectivity index (χ1v) is 6.99. The number of aliphatic hydroxyl groups excluding tert-OH is 1. The summed E-state index contributed by atoms with van der Waals surface area (Å²) in [7, 11) is 0. The van der Waals surface area contributed by atoms with Crippen molar-refractivity contribution in [2.45, 2.75) is 25.3 Å². The Hall–Kier alpha value is -0.480. The first-order valence-electron chi connectivity index (χ1n) is 6.24. The van der Waals surface area contributed by atoms with E-state index >= 15 is 0 Å². The van der Waals surface area contributed by atoms with Crippen LogP contribution in [0.1, 0.15) is 30.9 Å². The van der Waals surface area contributed by atoms with Gasteiger partial charge in [-0.15, -0.1) is 0 Å².